The first-order valence-corrected chi connectivity index (χ1v) is 8.42. The third-order valence-corrected chi connectivity index (χ3v) is 4.28. The molecule has 2 aromatic rings. The fraction of sp³-hybridized carbons (Fsp3) is 0.375. The predicted molar refractivity (Wildman–Crippen MR) is 81.8 cm³/mol. The highest BCUT2D eigenvalue weighted by atomic mass is 32.2. The van der Waals surface area contributed by atoms with Gasteiger partial charge in [-0.25, -0.2) is 0 Å². The second-order valence-electron chi connectivity index (χ2n) is 5.11. The summed E-state index contributed by atoms with van der Waals surface area (Å²) in [6.07, 6.45) is 4.04. The average molecular weight is 292 g/mol. The monoisotopic (exact) mass is 292 g/mol. The van der Waals surface area contributed by atoms with Gasteiger partial charge in [0.2, 0.25) is 0 Å². The summed E-state index contributed by atoms with van der Waals surface area (Å²) in [6, 6.07) is 9.05. The SMILES string of the molecule is CCCc1cc(CCC)c2ccc(S(=O)(=O)O)cc2c1. The molecule has 0 spiro atoms. The van der Waals surface area contributed by atoms with Crippen molar-refractivity contribution in [3.05, 3.63) is 41.5 Å². The van der Waals surface area contributed by atoms with Crippen LogP contribution in [0.15, 0.2) is 35.2 Å². The summed E-state index contributed by atoms with van der Waals surface area (Å²) in [6.45, 7) is 4.25. The lowest BCUT2D eigenvalue weighted by molar-refractivity contribution is 0.483. The van der Waals surface area contributed by atoms with Crippen molar-refractivity contribution in [2.45, 2.75) is 44.4 Å². The molecule has 0 fully saturated rings. The summed E-state index contributed by atoms with van der Waals surface area (Å²) in [5.41, 5.74) is 2.46. The zero-order valence-corrected chi connectivity index (χ0v) is 12.7. The van der Waals surface area contributed by atoms with Gasteiger partial charge in [-0.2, -0.15) is 8.42 Å². The van der Waals surface area contributed by atoms with Crippen LogP contribution in [0.4, 0.5) is 0 Å². The molecule has 0 saturated carbocycles. The first kappa shape index (κ1) is 15.0. The van der Waals surface area contributed by atoms with Gasteiger partial charge >= 0.3 is 0 Å². The Morgan fingerprint density at radius 1 is 1.00 bits per heavy atom. The first-order chi connectivity index (χ1) is 9.45. The number of rotatable bonds is 5. The fourth-order valence-electron chi connectivity index (χ4n) is 2.57. The van der Waals surface area contributed by atoms with Crippen molar-refractivity contribution in [3.8, 4) is 0 Å². The van der Waals surface area contributed by atoms with Crippen LogP contribution in [-0.4, -0.2) is 13.0 Å². The Bertz CT molecular complexity index is 718. The van der Waals surface area contributed by atoms with Crippen LogP contribution in [0.25, 0.3) is 10.8 Å². The Balaban J connectivity index is 2.66. The number of hydrogen-bond donors (Lipinski definition) is 1. The number of hydrogen-bond acceptors (Lipinski definition) is 2. The predicted octanol–water partition coefficient (Wildman–Crippen LogP) is 3.99. The molecule has 20 heavy (non-hydrogen) atoms. The van der Waals surface area contributed by atoms with Crippen LogP contribution >= 0.6 is 0 Å². The van der Waals surface area contributed by atoms with Crippen molar-refractivity contribution in [3.63, 3.8) is 0 Å². The van der Waals surface area contributed by atoms with E-state index in [1.807, 2.05) is 6.07 Å². The third-order valence-electron chi connectivity index (χ3n) is 3.43. The van der Waals surface area contributed by atoms with Crippen LogP contribution < -0.4 is 0 Å². The molecule has 0 unspecified atom stereocenters. The van der Waals surface area contributed by atoms with Gasteiger partial charge < -0.3 is 0 Å². The molecule has 2 aromatic carbocycles. The van der Waals surface area contributed by atoms with Crippen molar-refractivity contribution in [2.75, 3.05) is 0 Å². The minimum absolute atomic E-state index is 0.0407. The lowest BCUT2D eigenvalue weighted by Gasteiger charge is -2.10. The summed E-state index contributed by atoms with van der Waals surface area (Å²) < 4.78 is 31.7. The van der Waals surface area contributed by atoms with E-state index < -0.39 is 10.1 Å². The van der Waals surface area contributed by atoms with Gasteiger partial charge in [0.1, 0.15) is 0 Å². The molecule has 4 heteroatoms. The summed E-state index contributed by atoms with van der Waals surface area (Å²) in [5.74, 6) is 0. The van der Waals surface area contributed by atoms with Crippen LogP contribution in [-0.2, 0) is 23.0 Å². The van der Waals surface area contributed by atoms with Gasteiger partial charge in [0.05, 0.1) is 4.90 Å². The maximum absolute atomic E-state index is 11.3. The van der Waals surface area contributed by atoms with Crippen molar-refractivity contribution in [2.24, 2.45) is 0 Å². The molecule has 3 nitrogen and oxygen atoms in total. The quantitative estimate of drug-likeness (QED) is 0.848. The van der Waals surface area contributed by atoms with Crippen LogP contribution in [0.1, 0.15) is 37.8 Å². The van der Waals surface area contributed by atoms with Gasteiger partial charge in [-0.15, -0.1) is 0 Å². The van der Waals surface area contributed by atoms with Crippen LogP contribution in [0.3, 0.4) is 0 Å². The van der Waals surface area contributed by atoms with E-state index in [0.29, 0.717) is 0 Å². The van der Waals surface area contributed by atoms with E-state index >= 15 is 0 Å². The Morgan fingerprint density at radius 2 is 1.70 bits per heavy atom. The third kappa shape index (κ3) is 3.19. The molecule has 0 aromatic heterocycles. The minimum atomic E-state index is -4.14. The maximum atomic E-state index is 11.3. The normalized spacial score (nSPS) is 11.9. The molecule has 1 N–H and O–H groups in total. The average Bonchev–Trinajstić information content (AvgIpc) is 2.37. The van der Waals surface area contributed by atoms with E-state index in [-0.39, 0.29) is 4.90 Å². The Morgan fingerprint density at radius 3 is 2.30 bits per heavy atom. The minimum Gasteiger partial charge on any atom is -0.282 e. The van der Waals surface area contributed by atoms with Gasteiger partial charge in [0.15, 0.2) is 0 Å². The van der Waals surface area contributed by atoms with E-state index in [1.54, 1.807) is 12.1 Å². The smallest absolute Gasteiger partial charge is 0.282 e. The van der Waals surface area contributed by atoms with Crippen molar-refractivity contribution in [1.82, 2.24) is 0 Å². The lowest BCUT2D eigenvalue weighted by Crippen LogP contribution is -1.99. The molecule has 0 heterocycles. The second-order valence-corrected chi connectivity index (χ2v) is 6.53. The van der Waals surface area contributed by atoms with Crippen molar-refractivity contribution >= 4 is 20.9 Å². The Kier molecular flexibility index (Phi) is 4.45. The highest BCUT2D eigenvalue weighted by molar-refractivity contribution is 7.85. The first-order valence-electron chi connectivity index (χ1n) is 6.98. The van der Waals surface area contributed by atoms with Gasteiger partial charge in [-0.05, 0) is 46.9 Å². The van der Waals surface area contributed by atoms with Crippen molar-refractivity contribution < 1.29 is 13.0 Å². The van der Waals surface area contributed by atoms with Gasteiger partial charge in [-0.1, -0.05) is 44.9 Å². The van der Waals surface area contributed by atoms with Crippen LogP contribution in [0, 0.1) is 0 Å². The molecule has 2 rings (SSSR count). The number of fused-ring (bicyclic) bond motifs is 1. The summed E-state index contributed by atoms with van der Waals surface area (Å²) in [5, 5.41) is 1.95. The van der Waals surface area contributed by atoms with E-state index in [9.17, 15) is 8.42 Å². The Labute approximate surface area is 120 Å². The van der Waals surface area contributed by atoms with Crippen LogP contribution in [0.5, 0.6) is 0 Å². The molecule has 0 radical (unpaired) electrons. The zero-order valence-electron chi connectivity index (χ0n) is 11.9. The highest BCUT2D eigenvalue weighted by Crippen LogP contribution is 2.26. The van der Waals surface area contributed by atoms with E-state index in [0.717, 1.165) is 36.5 Å². The molecule has 0 aliphatic rings. The molecule has 0 amide bonds. The molecular formula is C16H20O3S. The molecule has 0 aliphatic heterocycles. The lowest BCUT2D eigenvalue weighted by atomic mass is 9.96. The summed E-state index contributed by atoms with van der Waals surface area (Å²) in [7, 11) is -4.14. The molecule has 0 saturated heterocycles. The standard InChI is InChI=1S/C16H20O3S/c1-3-5-12-9-13(6-4-2)16-8-7-15(20(17,18)19)11-14(16)10-12/h7-11H,3-6H2,1-2H3,(H,17,18,19). The van der Waals surface area contributed by atoms with E-state index in [2.05, 4.69) is 19.9 Å². The number of aryl methyl sites for hydroxylation is 2. The zero-order chi connectivity index (χ0) is 14.8. The molecule has 108 valence electrons. The van der Waals surface area contributed by atoms with E-state index in [4.69, 9.17) is 4.55 Å². The van der Waals surface area contributed by atoms with Gasteiger partial charge in [0.25, 0.3) is 10.1 Å². The Hall–Kier alpha value is -1.39. The summed E-state index contributed by atoms with van der Waals surface area (Å²) in [4.78, 5) is -0.0407. The second kappa shape index (κ2) is 5.94. The molecule has 0 aliphatic carbocycles. The van der Waals surface area contributed by atoms with Crippen molar-refractivity contribution in [1.29, 1.82) is 0 Å². The van der Waals surface area contributed by atoms with Crippen LogP contribution in [0.2, 0.25) is 0 Å². The highest BCUT2D eigenvalue weighted by Gasteiger charge is 2.11. The largest absolute Gasteiger partial charge is 0.294 e. The van der Waals surface area contributed by atoms with E-state index in [1.165, 1.54) is 17.2 Å². The summed E-state index contributed by atoms with van der Waals surface area (Å²) >= 11 is 0. The number of benzene rings is 2. The fourth-order valence-corrected chi connectivity index (χ4v) is 3.08. The van der Waals surface area contributed by atoms with Gasteiger partial charge in [0, 0.05) is 0 Å². The van der Waals surface area contributed by atoms with Gasteiger partial charge in [-0.3, -0.25) is 4.55 Å². The topological polar surface area (TPSA) is 54.4 Å². The molecule has 0 bridgehead atoms. The molecular weight excluding hydrogens is 272 g/mol. The maximum Gasteiger partial charge on any atom is 0.294 e. The molecule has 0 atom stereocenters.